The van der Waals surface area contributed by atoms with Crippen LogP contribution in [0, 0.1) is 0 Å². The van der Waals surface area contributed by atoms with Crippen molar-refractivity contribution in [3.05, 3.63) is 40.3 Å². The standard InChI is InChI=1S/C13H17N3O2S/c1-2-16-9-10(8-15-16)7-14-11(6-13(17)18)12-4-3-5-19-12/h3-5,8-9,11,14H,2,6-7H2,1H3,(H,17,18). The van der Waals surface area contributed by atoms with E-state index in [2.05, 4.69) is 10.4 Å². The summed E-state index contributed by atoms with van der Waals surface area (Å²) in [6, 6.07) is 3.74. The fourth-order valence-corrected chi connectivity index (χ4v) is 2.65. The van der Waals surface area contributed by atoms with E-state index in [1.807, 2.05) is 41.5 Å². The van der Waals surface area contributed by atoms with Gasteiger partial charge in [-0.25, -0.2) is 0 Å². The van der Waals surface area contributed by atoms with E-state index >= 15 is 0 Å². The van der Waals surface area contributed by atoms with E-state index in [0.717, 1.165) is 17.0 Å². The number of nitrogens with zero attached hydrogens (tertiary/aromatic N) is 2. The third kappa shape index (κ3) is 3.90. The van der Waals surface area contributed by atoms with Gasteiger partial charge in [0.25, 0.3) is 0 Å². The molecule has 2 aromatic heterocycles. The number of carboxylic acid groups (broad SMARTS) is 1. The van der Waals surface area contributed by atoms with Gasteiger partial charge in [0.1, 0.15) is 0 Å². The maximum atomic E-state index is 10.9. The topological polar surface area (TPSA) is 67.2 Å². The van der Waals surface area contributed by atoms with Gasteiger partial charge in [0.2, 0.25) is 0 Å². The molecule has 0 aromatic carbocycles. The fraction of sp³-hybridized carbons (Fsp3) is 0.385. The molecule has 2 heterocycles. The van der Waals surface area contributed by atoms with Gasteiger partial charge in [-0.15, -0.1) is 11.3 Å². The molecule has 0 saturated carbocycles. The molecule has 0 amide bonds. The van der Waals surface area contributed by atoms with Gasteiger partial charge in [-0.05, 0) is 18.4 Å². The minimum absolute atomic E-state index is 0.0857. The first-order valence-electron chi connectivity index (χ1n) is 6.19. The molecule has 19 heavy (non-hydrogen) atoms. The Morgan fingerprint density at radius 3 is 3.05 bits per heavy atom. The SMILES string of the molecule is CCn1cc(CNC(CC(=O)O)c2cccs2)cn1. The highest BCUT2D eigenvalue weighted by atomic mass is 32.1. The summed E-state index contributed by atoms with van der Waals surface area (Å²) in [6.45, 7) is 3.49. The number of carbonyl (C=O) groups is 1. The maximum absolute atomic E-state index is 10.9. The Labute approximate surface area is 115 Å². The first-order valence-corrected chi connectivity index (χ1v) is 7.07. The van der Waals surface area contributed by atoms with Crippen molar-refractivity contribution in [2.45, 2.75) is 32.5 Å². The zero-order valence-corrected chi connectivity index (χ0v) is 11.6. The van der Waals surface area contributed by atoms with Crippen LogP contribution in [0.3, 0.4) is 0 Å². The average molecular weight is 279 g/mol. The summed E-state index contributed by atoms with van der Waals surface area (Å²) >= 11 is 1.57. The minimum atomic E-state index is -0.796. The van der Waals surface area contributed by atoms with E-state index in [0.29, 0.717) is 6.54 Å². The molecule has 6 heteroatoms. The number of aromatic nitrogens is 2. The van der Waals surface area contributed by atoms with E-state index in [1.165, 1.54) is 0 Å². The van der Waals surface area contributed by atoms with Crippen LogP contribution in [0.15, 0.2) is 29.9 Å². The third-order valence-electron chi connectivity index (χ3n) is 2.83. The largest absolute Gasteiger partial charge is 0.481 e. The molecule has 2 aromatic rings. The molecule has 0 bridgehead atoms. The summed E-state index contributed by atoms with van der Waals surface area (Å²) in [5, 5.41) is 18.4. The van der Waals surface area contributed by atoms with Crippen molar-refractivity contribution in [1.82, 2.24) is 15.1 Å². The Morgan fingerprint density at radius 1 is 1.63 bits per heavy atom. The molecule has 2 N–H and O–H groups in total. The molecular formula is C13H17N3O2S. The quantitative estimate of drug-likeness (QED) is 0.816. The van der Waals surface area contributed by atoms with Crippen molar-refractivity contribution < 1.29 is 9.90 Å². The Morgan fingerprint density at radius 2 is 2.47 bits per heavy atom. The van der Waals surface area contributed by atoms with Crippen LogP contribution in [0.4, 0.5) is 0 Å². The van der Waals surface area contributed by atoms with E-state index < -0.39 is 5.97 Å². The summed E-state index contributed by atoms with van der Waals surface area (Å²) in [6.07, 6.45) is 3.87. The Hall–Kier alpha value is -1.66. The Kier molecular flexibility index (Phi) is 4.70. The summed E-state index contributed by atoms with van der Waals surface area (Å²) in [4.78, 5) is 12.0. The zero-order valence-electron chi connectivity index (χ0n) is 10.7. The van der Waals surface area contributed by atoms with Crippen LogP contribution in [0.1, 0.15) is 29.8 Å². The molecule has 0 aliphatic heterocycles. The van der Waals surface area contributed by atoms with E-state index in [4.69, 9.17) is 5.11 Å². The maximum Gasteiger partial charge on any atom is 0.305 e. The van der Waals surface area contributed by atoms with Gasteiger partial charge in [0, 0.05) is 29.7 Å². The van der Waals surface area contributed by atoms with Gasteiger partial charge in [0.15, 0.2) is 0 Å². The highest BCUT2D eigenvalue weighted by molar-refractivity contribution is 7.10. The van der Waals surface area contributed by atoms with Crippen molar-refractivity contribution in [1.29, 1.82) is 0 Å². The number of rotatable bonds is 7. The number of thiophene rings is 1. The van der Waals surface area contributed by atoms with Crippen LogP contribution < -0.4 is 5.32 Å². The monoisotopic (exact) mass is 279 g/mol. The summed E-state index contributed by atoms with van der Waals surface area (Å²) < 4.78 is 1.86. The molecule has 1 atom stereocenters. The van der Waals surface area contributed by atoms with Gasteiger partial charge < -0.3 is 10.4 Å². The van der Waals surface area contributed by atoms with Gasteiger partial charge in [-0.3, -0.25) is 9.48 Å². The van der Waals surface area contributed by atoms with Crippen molar-refractivity contribution in [2.24, 2.45) is 0 Å². The second kappa shape index (κ2) is 6.49. The highest BCUT2D eigenvalue weighted by Crippen LogP contribution is 2.22. The van der Waals surface area contributed by atoms with Crippen LogP contribution in [-0.2, 0) is 17.9 Å². The highest BCUT2D eigenvalue weighted by Gasteiger charge is 2.16. The fourth-order valence-electron chi connectivity index (χ4n) is 1.85. The van der Waals surface area contributed by atoms with Crippen molar-refractivity contribution in [3.63, 3.8) is 0 Å². The lowest BCUT2D eigenvalue weighted by atomic mass is 10.1. The van der Waals surface area contributed by atoms with Gasteiger partial charge >= 0.3 is 5.97 Å². The first-order chi connectivity index (χ1) is 9.19. The molecule has 1 unspecified atom stereocenters. The van der Waals surface area contributed by atoms with Crippen LogP contribution in [-0.4, -0.2) is 20.9 Å². The zero-order chi connectivity index (χ0) is 13.7. The normalized spacial score (nSPS) is 12.5. The number of hydrogen-bond acceptors (Lipinski definition) is 4. The average Bonchev–Trinajstić information content (AvgIpc) is 3.05. The molecule has 0 aliphatic carbocycles. The van der Waals surface area contributed by atoms with Crippen molar-refractivity contribution in [3.8, 4) is 0 Å². The van der Waals surface area contributed by atoms with Gasteiger partial charge in [-0.1, -0.05) is 6.07 Å². The summed E-state index contributed by atoms with van der Waals surface area (Å²) in [5.41, 5.74) is 1.06. The summed E-state index contributed by atoms with van der Waals surface area (Å²) in [5.74, 6) is -0.796. The number of nitrogens with one attached hydrogen (secondary N) is 1. The molecule has 0 spiro atoms. The number of aliphatic carboxylic acids is 1. The molecule has 2 rings (SSSR count). The Balaban J connectivity index is 1.98. The smallest absolute Gasteiger partial charge is 0.305 e. The lowest BCUT2D eigenvalue weighted by Crippen LogP contribution is -2.22. The van der Waals surface area contributed by atoms with Crippen LogP contribution in [0.2, 0.25) is 0 Å². The second-order valence-corrected chi connectivity index (χ2v) is 5.23. The van der Waals surface area contributed by atoms with Crippen LogP contribution >= 0.6 is 11.3 Å². The molecular weight excluding hydrogens is 262 g/mol. The third-order valence-corrected chi connectivity index (χ3v) is 3.81. The first kappa shape index (κ1) is 13.8. The van der Waals surface area contributed by atoms with Crippen LogP contribution in [0.5, 0.6) is 0 Å². The van der Waals surface area contributed by atoms with Crippen LogP contribution in [0.25, 0.3) is 0 Å². The molecule has 0 aliphatic rings. The molecule has 0 radical (unpaired) electrons. The predicted molar refractivity (Wildman–Crippen MR) is 74.1 cm³/mol. The number of aryl methyl sites for hydroxylation is 1. The lowest BCUT2D eigenvalue weighted by molar-refractivity contribution is -0.137. The molecule has 0 fully saturated rings. The molecule has 102 valence electrons. The van der Waals surface area contributed by atoms with Crippen molar-refractivity contribution in [2.75, 3.05) is 0 Å². The number of hydrogen-bond donors (Lipinski definition) is 2. The molecule has 0 saturated heterocycles. The van der Waals surface area contributed by atoms with Gasteiger partial charge in [-0.2, -0.15) is 5.10 Å². The summed E-state index contributed by atoms with van der Waals surface area (Å²) in [7, 11) is 0. The van der Waals surface area contributed by atoms with E-state index in [1.54, 1.807) is 11.3 Å². The van der Waals surface area contributed by atoms with Crippen molar-refractivity contribution >= 4 is 17.3 Å². The second-order valence-electron chi connectivity index (χ2n) is 4.25. The van der Waals surface area contributed by atoms with E-state index in [-0.39, 0.29) is 12.5 Å². The minimum Gasteiger partial charge on any atom is -0.481 e. The van der Waals surface area contributed by atoms with Gasteiger partial charge in [0.05, 0.1) is 18.7 Å². The predicted octanol–water partition coefficient (Wildman–Crippen LogP) is 2.27. The van der Waals surface area contributed by atoms with E-state index in [9.17, 15) is 4.79 Å². The lowest BCUT2D eigenvalue weighted by Gasteiger charge is -2.14. The molecule has 5 nitrogen and oxygen atoms in total. The Bertz CT molecular complexity index is 522. The number of carboxylic acids is 1.